The van der Waals surface area contributed by atoms with Crippen LogP contribution < -0.4 is 0 Å². The van der Waals surface area contributed by atoms with Crippen molar-refractivity contribution in [2.75, 3.05) is 6.61 Å². The second-order valence-electron chi connectivity index (χ2n) is 11.4. The van der Waals surface area contributed by atoms with Gasteiger partial charge < -0.3 is 18.9 Å². The summed E-state index contributed by atoms with van der Waals surface area (Å²) >= 11 is 0. The minimum Gasteiger partial charge on any atom is -0.481 e. The average molecular weight is 483 g/mol. The predicted octanol–water partition coefficient (Wildman–Crippen LogP) is 7.19. The lowest BCUT2D eigenvalue weighted by atomic mass is 9.84. The lowest BCUT2D eigenvalue weighted by Crippen LogP contribution is -2.26. The van der Waals surface area contributed by atoms with Crippen LogP contribution in [0.15, 0.2) is 36.9 Å². The summed E-state index contributed by atoms with van der Waals surface area (Å²) in [7, 11) is -3.43. The number of carbonyl (C=O) groups is 1. The zero-order valence-corrected chi connectivity index (χ0v) is 22.7. The molecule has 0 saturated heterocycles. The Hall–Kier alpha value is -1.46. The smallest absolute Gasteiger partial charge is 0.336 e. The van der Waals surface area contributed by atoms with Gasteiger partial charge in [0.1, 0.15) is 0 Å². The number of ether oxygens (including phenoxy) is 1. The number of hydrogen-bond acceptors (Lipinski definition) is 5. The third-order valence-corrected chi connectivity index (χ3v) is 6.94. The van der Waals surface area contributed by atoms with Gasteiger partial charge in [-0.15, -0.1) is 6.58 Å². The van der Waals surface area contributed by atoms with E-state index < -0.39 is 30.7 Å². The molecule has 0 bridgehead atoms. The Kier molecular flexibility index (Phi) is 10.1. The summed E-state index contributed by atoms with van der Waals surface area (Å²) in [6.07, 6.45) is 2.17. The van der Waals surface area contributed by atoms with Gasteiger partial charge in [-0.3, -0.25) is 9.36 Å². The Morgan fingerprint density at radius 1 is 0.970 bits per heavy atom. The van der Waals surface area contributed by atoms with Crippen LogP contribution in [0, 0.1) is 5.92 Å². The van der Waals surface area contributed by atoms with Gasteiger partial charge in [-0.1, -0.05) is 30.3 Å². The minimum absolute atomic E-state index is 0.127. The molecule has 0 unspecified atom stereocenters. The summed E-state index contributed by atoms with van der Waals surface area (Å²) in [6, 6.07) is 7.42. The van der Waals surface area contributed by atoms with E-state index in [2.05, 4.69) is 6.58 Å². The molecule has 1 aromatic rings. The van der Waals surface area contributed by atoms with Gasteiger partial charge in [0.2, 0.25) is 0 Å². The maximum atomic E-state index is 13.5. The van der Waals surface area contributed by atoms with E-state index in [4.69, 9.17) is 13.8 Å². The first-order chi connectivity index (χ1) is 14.8. The van der Waals surface area contributed by atoms with Crippen molar-refractivity contribution in [1.29, 1.82) is 0 Å². The summed E-state index contributed by atoms with van der Waals surface area (Å²) in [5, 5.41) is 9.82. The summed E-state index contributed by atoms with van der Waals surface area (Å²) in [4.78, 5) is 12.0. The molecule has 0 radical (unpaired) electrons. The van der Waals surface area contributed by atoms with Gasteiger partial charge in [0, 0.05) is 12.5 Å². The van der Waals surface area contributed by atoms with Gasteiger partial charge in [0.25, 0.3) is 0 Å². The van der Waals surface area contributed by atoms with E-state index in [0.717, 1.165) is 11.1 Å². The highest BCUT2D eigenvalue weighted by molar-refractivity contribution is 7.53. The highest BCUT2D eigenvalue weighted by Crippen LogP contribution is 2.57. The fraction of sp³-hybridized carbons (Fsp3) is 0.654. The van der Waals surface area contributed by atoms with E-state index in [1.165, 1.54) is 0 Å². The maximum Gasteiger partial charge on any atom is 0.336 e. The zero-order chi connectivity index (χ0) is 25.7. The number of carboxylic acid groups (broad SMARTS) is 1. The Morgan fingerprint density at radius 2 is 1.45 bits per heavy atom. The quantitative estimate of drug-likeness (QED) is 0.266. The molecule has 1 rings (SSSR count). The molecule has 0 spiro atoms. The van der Waals surface area contributed by atoms with Crippen molar-refractivity contribution in [3.05, 3.63) is 48.0 Å². The third-order valence-electron chi connectivity index (χ3n) is 4.54. The number of aliphatic carboxylic acids is 1. The first-order valence-electron chi connectivity index (χ1n) is 11.4. The van der Waals surface area contributed by atoms with E-state index in [1.54, 1.807) is 6.08 Å². The molecule has 33 heavy (non-hydrogen) atoms. The normalized spacial score (nSPS) is 15.2. The van der Waals surface area contributed by atoms with Gasteiger partial charge in [-0.2, -0.15) is 0 Å². The Bertz CT molecular complexity index is 804. The van der Waals surface area contributed by atoms with Crippen LogP contribution in [0.5, 0.6) is 0 Å². The van der Waals surface area contributed by atoms with Crippen molar-refractivity contribution in [2.24, 2.45) is 5.92 Å². The van der Waals surface area contributed by atoms with E-state index >= 15 is 0 Å². The molecule has 0 aromatic heterocycles. The molecular formula is C26H43O6P. The summed E-state index contributed by atoms with van der Waals surface area (Å²) in [5.41, 5.74) is 0.0466. The fourth-order valence-corrected chi connectivity index (χ4v) is 5.96. The molecule has 0 heterocycles. The van der Waals surface area contributed by atoms with Gasteiger partial charge >= 0.3 is 13.6 Å². The van der Waals surface area contributed by atoms with Gasteiger partial charge in [-0.05, 0) is 79.9 Å². The van der Waals surface area contributed by atoms with Gasteiger partial charge in [-0.25, -0.2) is 0 Å². The van der Waals surface area contributed by atoms with Crippen LogP contribution in [0.1, 0.15) is 85.8 Å². The standard InChI is InChI=1S/C26H43O6P/c1-11-21(22(23(27)28)16-17-30-24(2,3)4)20-14-12-19(13-15-20)18-33(29,31-25(5,6)7)32-26(8,9)10/h11-15,21-22H,1,16-18H2,2-10H3,(H,27,28)/t21-,22+/m1/s1. The van der Waals surface area contributed by atoms with Crippen LogP contribution in [-0.4, -0.2) is 34.5 Å². The molecule has 188 valence electrons. The van der Waals surface area contributed by atoms with Crippen molar-refractivity contribution in [3.8, 4) is 0 Å². The van der Waals surface area contributed by atoms with Crippen LogP contribution >= 0.6 is 7.60 Å². The Morgan fingerprint density at radius 3 is 1.82 bits per heavy atom. The van der Waals surface area contributed by atoms with Crippen molar-refractivity contribution in [1.82, 2.24) is 0 Å². The lowest BCUT2D eigenvalue weighted by molar-refractivity contribution is -0.143. The van der Waals surface area contributed by atoms with Crippen molar-refractivity contribution in [2.45, 2.75) is 97.6 Å². The predicted molar refractivity (Wildman–Crippen MR) is 134 cm³/mol. The van der Waals surface area contributed by atoms with Gasteiger partial charge in [0.15, 0.2) is 0 Å². The molecule has 0 fully saturated rings. The number of allylic oxidation sites excluding steroid dienone is 1. The molecule has 0 aliphatic heterocycles. The molecular weight excluding hydrogens is 439 g/mol. The third kappa shape index (κ3) is 11.5. The minimum atomic E-state index is -3.43. The van der Waals surface area contributed by atoms with Crippen LogP contribution in [-0.2, 0) is 29.3 Å². The van der Waals surface area contributed by atoms with Gasteiger partial charge in [0.05, 0.1) is 28.9 Å². The molecule has 0 aliphatic rings. The molecule has 6 nitrogen and oxygen atoms in total. The number of benzene rings is 1. The molecule has 7 heteroatoms. The maximum absolute atomic E-state index is 13.5. The van der Waals surface area contributed by atoms with Crippen molar-refractivity contribution in [3.63, 3.8) is 0 Å². The number of hydrogen-bond donors (Lipinski definition) is 1. The second-order valence-corrected chi connectivity index (χ2v) is 13.3. The van der Waals surface area contributed by atoms with E-state index in [9.17, 15) is 14.5 Å². The molecule has 0 saturated carbocycles. The molecule has 0 aliphatic carbocycles. The topological polar surface area (TPSA) is 82.1 Å². The first kappa shape index (κ1) is 29.6. The summed E-state index contributed by atoms with van der Waals surface area (Å²) in [5.74, 6) is -1.91. The average Bonchev–Trinajstić information content (AvgIpc) is 2.57. The molecule has 1 N–H and O–H groups in total. The van der Waals surface area contributed by atoms with Crippen molar-refractivity contribution >= 4 is 13.6 Å². The van der Waals surface area contributed by atoms with Crippen LogP contribution in [0.2, 0.25) is 0 Å². The fourth-order valence-electron chi connectivity index (χ4n) is 3.47. The molecule has 2 atom stereocenters. The van der Waals surface area contributed by atoms with E-state index in [0.29, 0.717) is 13.0 Å². The SMILES string of the molecule is C=C[C@H](c1ccc(CP(=O)(OC(C)(C)C)OC(C)(C)C)cc1)[C@H](CCOC(C)(C)C)C(=O)O. The van der Waals surface area contributed by atoms with Crippen molar-refractivity contribution < 1.29 is 28.3 Å². The highest BCUT2D eigenvalue weighted by Gasteiger charge is 2.35. The Labute approximate surface area is 200 Å². The van der Waals surface area contributed by atoms with E-state index in [-0.39, 0.29) is 17.7 Å². The molecule has 1 aromatic carbocycles. The largest absolute Gasteiger partial charge is 0.481 e. The van der Waals surface area contributed by atoms with Crippen LogP contribution in [0.25, 0.3) is 0 Å². The first-order valence-corrected chi connectivity index (χ1v) is 13.2. The molecule has 0 amide bonds. The Balaban J connectivity index is 3.08. The zero-order valence-electron chi connectivity index (χ0n) is 21.8. The summed E-state index contributed by atoms with van der Waals surface area (Å²) in [6.45, 7) is 21.1. The second kappa shape index (κ2) is 11.3. The monoisotopic (exact) mass is 482 g/mol. The van der Waals surface area contributed by atoms with Crippen LogP contribution in [0.4, 0.5) is 0 Å². The number of rotatable bonds is 11. The van der Waals surface area contributed by atoms with Crippen LogP contribution in [0.3, 0.4) is 0 Å². The summed E-state index contributed by atoms with van der Waals surface area (Å²) < 4.78 is 31.0. The van der Waals surface area contributed by atoms with E-state index in [1.807, 2.05) is 86.6 Å². The number of carboxylic acids is 1. The lowest BCUT2D eigenvalue weighted by Gasteiger charge is -2.32. The highest BCUT2D eigenvalue weighted by atomic mass is 31.2.